The number of rotatable bonds is 10. The largest absolute Gasteiger partial charge is 0.495 e. The van der Waals surface area contributed by atoms with Crippen LogP contribution in [0.1, 0.15) is 29.8 Å². The molecule has 0 spiro atoms. The molecule has 31 heavy (non-hydrogen) atoms. The summed E-state index contributed by atoms with van der Waals surface area (Å²) in [5, 5.41) is 2.60. The van der Waals surface area contributed by atoms with Crippen LogP contribution in [0.25, 0.3) is 0 Å². The summed E-state index contributed by atoms with van der Waals surface area (Å²) >= 11 is 0. The Morgan fingerprint density at radius 1 is 1.13 bits per heavy atom. The Balaban J connectivity index is 2.17. The van der Waals surface area contributed by atoms with Crippen LogP contribution in [-0.4, -0.2) is 39.9 Å². The summed E-state index contributed by atoms with van der Waals surface area (Å²) in [6.45, 7) is 3.28. The molecule has 8 nitrogen and oxygen atoms in total. The molecule has 2 amide bonds. The quantitative estimate of drug-likeness (QED) is 0.506. The molecule has 168 valence electrons. The molecule has 0 saturated carbocycles. The van der Waals surface area contributed by atoms with E-state index in [9.17, 15) is 22.4 Å². The van der Waals surface area contributed by atoms with Gasteiger partial charge in [0, 0.05) is 18.2 Å². The first-order valence-electron chi connectivity index (χ1n) is 9.55. The molecule has 4 N–H and O–H groups in total. The van der Waals surface area contributed by atoms with Crippen molar-refractivity contribution in [2.45, 2.75) is 31.2 Å². The number of nitrogens with two attached hydrogens (primary N) is 1. The van der Waals surface area contributed by atoms with Gasteiger partial charge in [-0.05, 0) is 56.2 Å². The monoisotopic (exact) mass is 451 g/mol. The van der Waals surface area contributed by atoms with E-state index in [2.05, 4.69) is 10.0 Å². The van der Waals surface area contributed by atoms with E-state index in [0.29, 0.717) is 5.56 Å². The Morgan fingerprint density at radius 3 is 2.32 bits per heavy atom. The highest BCUT2D eigenvalue weighted by Gasteiger charge is 2.23. The third-order valence-electron chi connectivity index (χ3n) is 4.41. The number of nitrogens with one attached hydrogen (secondary N) is 2. The number of carbonyl (C=O) groups excluding carboxylic acids is 2. The first-order valence-corrected chi connectivity index (χ1v) is 11.0. The standard InChI is InChI=1S/C21H26FN3O5S/c1-13(2)25-31(28,29)19-11-15(6-9-18(19)30-3)21(27)24-12-16(20(23)26)10-14-4-7-17(22)8-5-14/h4-9,11,13,16,25H,10,12H2,1-3H3,(H2,23,26)(H,24,27). The summed E-state index contributed by atoms with van der Waals surface area (Å²) in [6.07, 6.45) is 0.219. The highest BCUT2D eigenvalue weighted by atomic mass is 32.2. The minimum absolute atomic E-state index is 0.0656. The SMILES string of the molecule is COc1ccc(C(=O)NCC(Cc2ccc(F)cc2)C(N)=O)cc1S(=O)(=O)NC(C)C. The Hall–Kier alpha value is -2.98. The summed E-state index contributed by atoms with van der Waals surface area (Å²) in [5.41, 5.74) is 6.21. The van der Waals surface area contributed by atoms with E-state index in [1.807, 2.05) is 0 Å². The molecule has 0 aliphatic rings. The lowest BCUT2D eigenvalue weighted by Gasteiger charge is -2.16. The molecule has 0 aliphatic carbocycles. The van der Waals surface area contributed by atoms with Crippen LogP contribution < -0.4 is 20.5 Å². The fourth-order valence-electron chi connectivity index (χ4n) is 2.90. The highest BCUT2D eigenvalue weighted by Crippen LogP contribution is 2.25. The first kappa shape index (κ1) is 24.3. The highest BCUT2D eigenvalue weighted by molar-refractivity contribution is 7.89. The van der Waals surface area contributed by atoms with Crippen molar-refractivity contribution < 1.29 is 27.1 Å². The predicted molar refractivity (Wildman–Crippen MR) is 114 cm³/mol. The predicted octanol–water partition coefficient (Wildman–Crippen LogP) is 1.60. The first-order chi connectivity index (χ1) is 14.5. The maximum absolute atomic E-state index is 13.1. The van der Waals surface area contributed by atoms with Crippen LogP contribution >= 0.6 is 0 Å². The zero-order valence-corrected chi connectivity index (χ0v) is 18.3. The normalized spacial score (nSPS) is 12.4. The van der Waals surface area contributed by atoms with Gasteiger partial charge in [0.15, 0.2) is 0 Å². The summed E-state index contributed by atoms with van der Waals surface area (Å²) in [4.78, 5) is 24.2. The molecular weight excluding hydrogens is 425 g/mol. The lowest BCUT2D eigenvalue weighted by molar-refractivity contribution is -0.121. The molecule has 0 fully saturated rings. The van der Waals surface area contributed by atoms with Gasteiger partial charge in [-0.2, -0.15) is 0 Å². The molecular formula is C21H26FN3O5S. The number of benzene rings is 2. The number of hydrogen-bond donors (Lipinski definition) is 3. The number of amides is 2. The van der Waals surface area contributed by atoms with Gasteiger partial charge in [-0.25, -0.2) is 17.5 Å². The Kier molecular flexibility index (Phi) is 8.12. The summed E-state index contributed by atoms with van der Waals surface area (Å²) in [6, 6.07) is 9.28. The molecule has 0 aliphatic heterocycles. The third kappa shape index (κ3) is 6.76. The van der Waals surface area contributed by atoms with Crippen molar-refractivity contribution in [3.05, 3.63) is 59.4 Å². The van der Waals surface area contributed by atoms with Crippen LogP contribution in [0.2, 0.25) is 0 Å². The molecule has 2 aromatic rings. The fraction of sp³-hybridized carbons (Fsp3) is 0.333. The van der Waals surface area contributed by atoms with Crippen LogP contribution in [0.4, 0.5) is 4.39 Å². The van der Waals surface area contributed by atoms with E-state index in [0.717, 1.165) is 0 Å². The van der Waals surface area contributed by atoms with E-state index in [-0.39, 0.29) is 35.2 Å². The van der Waals surface area contributed by atoms with Crippen LogP contribution in [0.3, 0.4) is 0 Å². The average molecular weight is 452 g/mol. The minimum atomic E-state index is -3.91. The van der Waals surface area contributed by atoms with Crippen LogP contribution in [-0.2, 0) is 21.2 Å². The number of primary amides is 1. The van der Waals surface area contributed by atoms with Crippen molar-refractivity contribution in [3.8, 4) is 5.75 Å². The maximum atomic E-state index is 13.1. The van der Waals surface area contributed by atoms with Crippen molar-refractivity contribution in [2.24, 2.45) is 11.7 Å². The van der Waals surface area contributed by atoms with E-state index < -0.39 is 33.6 Å². The smallest absolute Gasteiger partial charge is 0.251 e. The maximum Gasteiger partial charge on any atom is 0.251 e. The molecule has 2 aromatic carbocycles. The summed E-state index contributed by atoms with van der Waals surface area (Å²) < 4.78 is 45.8. The molecule has 0 aromatic heterocycles. The van der Waals surface area contributed by atoms with Gasteiger partial charge in [0.2, 0.25) is 15.9 Å². The van der Waals surface area contributed by atoms with Crippen molar-refractivity contribution in [3.63, 3.8) is 0 Å². The van der Waals surface area contributed by atoms with E-state index in [4.69, 9.17) is 10.5 Å². The Morgan fingerprint density at radius 2 is 1.77 bits per heavy atom. The van der Waals surface area contributed by atoms with E-state index in [1.54, 1.807) is 13.8 Å². The third-order valence-corrected chi connectivity index (χ3v) is 6.09. The van der Waals surface area contributed by atoms with Crippen molar-refractivity contribution in [2.75, 3.05) is 13.7 Å². The minimum Gasteiger partial charge on any atom is -0.495 e. The van der Waals surface area contributed by atoms with Gasteiger partial charge in [-0.1, -0.05) is 12.1 Å². The summed E-state index contributed by atoms with van der Waals surface area (Å²) in [5.74, 6) is -2.22. The molecule has 2 rings (SSSR count). The van der Waals surface area contributed by atoms with Gasteiger partial charge in [0.25, 0.3) is 5.91 Å². The second-order valence-corrected chi connectivity index (χ2v) is 8.96. The fourth-order valence-corrected chi connectivity index (χ4v) is 4.34. The second-order valence-electron chi connectivity index (χ2n) is 7.28. The van der Waals surface area contributed by atoms with Gasteiger partial charge in [0.1, 0.15) is 16.5 Å². The molecule has 0 radical (unpaired) electrons. The molecule has 1 unspecified atom stereocenters. The number of hydrogen-bond acceptors (Lipinski definition) is 5. The van der Waals surface area contributed by atoms with E-state index >= 15 is 0 Å². The number of sulfonamides is 1. The second kappa shape index (κ2) is 10.4. The molecule has 10 heteroatoms. The molecule has 0 bridgehead atoms. The van der Waals surface area contributed by atoms with Crippen LogP contribution in [0, 0.1) is 11.7 Å². The van der Waals surface area contributed by atoms with Crippen molar-refractivity contribution in [1.82, 2.24) is 10.0 Å². The number of carbonyl (C=O) groups is 2. The number of halogens is 1. The Bertz CT molecular complexity index is 1040. The molecule has 0 heterocycles. The lowest BCUT2D eigenvalue weighted by atomic mass is 9.98. The van der Waals surface area contributed by atoms with Gasteiger partial charge < -0.3 is 15.8 Å². The Labute approximate surface area is 181 Å². The van der Waals surface area contributed by atoms with Crippen molar-refractivity contribution in [1.29, 1.82) is 0 Å². The van der Waals surface area contributed by atoms with Gasteiger partial charge >= 0.3 is 0 Å². The van der Waals surface area contributed by atoms with Gasteiger partial charge in [0.05, 0.1) is 13.0 Å². The topological polar surface area (TPSA) is 128 Å². The summed E-state index contributed by atoms with van der Waals surface area (Å²) in [7, 11) is -2.58. The van der Waals surface area contributed by atoms with Gasteiger partial charge in [-0.3, -0.25) is 9.59 Å². The van der Waals surface area contributed by atoms with E-state index in [1.165, 1.54) is 49.6 Å². The zero-order valence-electron chi connectivity index (χ0n) is 17.5. The van der Waals surface area contributed by atoms with Crippen LogP contribution in [0.15, 0.2) is 47.4 Å². The lowest BCUT2D eigenvalue weighted by Crippen LogP contribution is -2.37. The number of methoxy groups -OCH3 is 1. The van der Waals surface area contributed by atoms with Gasteiger partial charge in [-0.15, -0.1) is 0 Å². The zero-order chi connectivity index (χ0) is 23.2. The number of ether oxygens (including phenoxy) is 1. The molecule has 1 atom stereocenters. The average Bonchev–Trinajstić information content (AvgIpc) is 2.70. The van der Waals surface area contributed by atoms with Crippen molar-refractivity contribution >= 4 is 21.8 Å². The van der Waals surface area contributed by atoms with Crippen LogP contribution in [0.5, 0.6) is 5.75 Å². The molecule has 0 saturated heterocycles.